The molecule has 2 heteroatoms. The van der Waals surface area contributed by atoms with Crippen molar-refractivity contribution in [3.05, 3.63) is 35.1 Å². The topological polar surface area (TPSA) is 22.4 Å². The summed E-state index contributed by atoms with van der Waals surface area (Å²) < 4.78 is 11.8. The summed E-state index contributed by atoms with van der Waals surface area (Å²) in [5, 5.41) is 1.23. The molecular formula is C21H26O2. The lowest BCUT2D eigenvalue weighted by atomic mass is 9.70. The Morgan fingerprint density at radius 2 is 2.04 bits per heavy atom. The number of ether oxygens (including phenoxy) is 1. The fourth-order valence-electron chi connectivity index (χ4n) is 4.56. The zero-order chi connectivity index (χ0) is 16.2. The van der Waals surface area contributed by atoms with Crippen molar-refractivity contribution in [2.75, 3.05) is 7.11 Å². The first-order valence-electron chi connectivity index (χ1n) is 8.84. The van der Waals surface area contributed by atoms with E-state index in [-0.39, 0.29) is 0 Å². The summed E-state index contributed by atoms with van der Waals surface area (Å²) in [6, 6.07) is 6.21. The van der Waals surface area contributed by atoms with Crippen LogP contribution in [-0.4, -0.2) is 7.11 Å². The highest BCUT2D eigenvalue weighted by molar-refractivity contribution is 5.95. The van der Waals surface area contributed by atoms with E-state index in [0.717, 1.165) is 11.3 Å². The van der Waals surface area contributed by atoms with Gasteiger partial charge < -0.3 is 9.15 Å². The number of hydrogen-bond donors (Lipinski definition) is 0. The van der Waals surface area contributed by atoms with Gasteiger partial charge >= 0.3 is 0 Å². The fourth-order valence-corrected chi connectivity index (χ4v) is 4.56. The molecule has 1 aromatic carbocycles. The normalized spacial score (nSPS) is 23.4. The van der Waals surface area contributed by atoms with Crippen LogP contribution in [0, 0.1) is 5.41 Å². The summed E-state index contributed by atoms with van der Waals surface area (Å²) in [5.74, 6) is 2.58. The summed E-state index contributed by atoms with van der Waals surface area (Å²) in [5.41, 5.74) is 5.93. The average Bonchev–Trinajstić information content (AvgIpc) is 2.84. The molecule has 0 spiro atoms. The van der Waals surface area contributed by atoms with Crippen molar-refractivity contribution < 1.29 is 9.15 Å². The molecule has 122 valence electrons. The van der Waals surface area contributed by atoms with Gasteiger partial charge in [-0.15, -0.1) is 0 Å². The van der Waals surface area contributed by atoms with Crippen molar-refractivity contribution in [3.63, 3.8) is 0 Å². The molecule has 23 heavy (non-hydrogen) atoms. The van der Waals surface area contributed by atoms with Crippen LogP contribution < -0.4 is 4.74 Å². The van der Waals surface area contributed by atoms with Crippen LogP contribution in [0.3, 0.4) is 0 Å². The third-order valence-corrected chi connectivity index (χ3v) is 5.91. The molecule has 4 rings (SSSR count). The Labute approximate surface area is 138 Å². The highest BCUT2D eigenvalue weighted by atomic mass is 16.5. The monoisotopic (exact) mass is 310 g/mol. The molecule has 0 fully saturated rings. The summed E-state index contributed by atoms with van der Waals surface area (Å²) in [4.78, 5) is 0. The van der Waals surface area contributed by atoms with E-state index >= 15 is 0 Å². The first kappa shape index (κ1) is 14.9. The maximum absolute atomic E-state index is 6.31. The van der Waals surface area contributed by atoms with Gasteiger partial charge in [0.05, 0.1) is 7.11 Å². The Bertz CT molecular complexity index is 792. The Morgan fingerprint density at radius 1 is 1.22 bits per heavy atom. The van der Waals surface area contributed by atoms with Crippen LogP contribution in [0.2, 0.25) is 0 Å². The van der Waals surface area contributed by atoms with E-state index in [1.807, 2.05) is 6.07 Å². The number of benzene rings is 1. The van der Waals surface area contributed by atoms with Crippen molar-refractivity contribution in [1.29, 1.82) is 0 Å². The Kier molecular flexibility index (Phi) is 3.33. The van der Waals surface area contributed by atoms with Gasteiger partial charge in [-0.05, 0) is 61.3 Å². The highest BCUT2D eigenvalue weighted by Crippen LogP contribution is 2.52. The molecule has 0 unspecified atom stereocenters. The predicted molar refractivity (Wildman–Crippen MR) is 95.0 cm³/mol. The minimum absolute atomic E-state index is 0.317. The number of rotatable bonds is 1. The standard InChI is InChI=1S/C21H26O2/c1-13-7-9-17-15(6-5-11-21(17,2)3)19-16-12-14(22-4)8-10-18(16)23-20(13)19/h8,10,12-13H,5-7,9,11H2,1-4H3/t13-/m1/s1. The van der Waals surface area contributed by atoms with Crippen molar-refractivity contribution in [1.82, 2.24) is 0 Å². The maximum atomic E-state index is 6.31. The molecule has 0 bridgehead atoms. The van der Waals surface area contributed by atoms with E-state index in [2.05, 4.69) is 32.9 Å². The smallest absolute Gasteiger partial charge is 0.135 e. The lowest BCUT2D eigenvalue weighted by Crippen LogP contribution is -2.20. The van der Waals surface area contributed by atoms with Crippen LogP contribution in [0.25, 0.3) is 16.5 Å². The van der Waals surface area contributed by atoms with E-state index in [4.69, 9.17) is 9.15 Å². The molecule has 0 N–H and O–H groups in total. The largest absolute Gasteiger partial charge is 0.497 e. The minimum Gasteiger partial charge on any atom is -0.497 e. The second kappa shape index (κ2) is 5.15. The molecule has 0 saturated heterocycles. The van der Waals surface area contributed by atoms with E-state index < -0.39 is 0 Å². The van der Waals surface area contributed by atoms with Gasteiger partial charge in [0.15, 0.2) is 0 Å². The molecule has 0 radical (unpaired) electrons. The van der Waals surface area contributed by atoms with Crippen LogP contribution in [-0.2, 0) is 0 Å². The van der Waals surface area contributed by atoms with Crippen LogP contribution in [0.4, 0.5) is 0 Å². The lowest BCUT2D eigenvalue weighted by Gasteiger charge is -2.35. The Morgan fingerprint density at radius 3 is 2.83 bits per heavy atom. The molecule has 2 aliphatic carbocycles. The SMILES string of the molecule is COc1ccc2oc3c(c2c1)C1=C(CC[C@H]3C)C(C)(C)CCC1. The summed E-state index contributed by atoms with van der Waals surface area (Å²) in [6.45, 7) is 7.14. The average molecular weight is 310 g/mol. The highest BCUT2D eigenvalue weighted by Gasteiger charge is 2.35. The second-order valence-corrected chi connectivity index (χ2v) is 7.84. The first-order valence-corrected chi connectivity index (χ1v) is 8.84. The molecule has 0 saturated carbocycles. The molecule has 2 aliphatic rings. The molecular weight excluding hydrogens is 284 g/mol. The van der Waals surface area contributed by atoms with Gasteiger partial charge in [-0.2, -0.15) is 0 Å². The third-order valence-electron chi connectivity index (χ3n) is 5.91. The van der Waals surface area contributed by atoms with Gasteiger partial charge in [0, 0.05) is 16.9 Å². The van der Waals surface area contributed by atoms with Crippen LogP contribution >= 0.6 is 0 Å². The number of hydrogen-bond acceptors (Lipinski definition) is 2. The van der Waals surface area contributed by atoms with Gasteiger partial charge in [-0.1, -0.05) is 26.3 Å². The zero-order valence-electron chi connectivity index (χ0n) is 14.7. The number of fused-ring (bicyclic) bond motifs is 4. The maximum Gasteiger partial charge on any atom is 0.135 e. The first-order chi connectivity index (χ1) is 11.0. The number of furan rings is 1. The quantitative estimate of drug-likeness (QED) is 0.616. The van der Waals surface area contributed by atoms with E-state index in [0.29, 0.717) is 11.3 Å². The Balaban J connectivity index is 2.04. The molecule has 0 amide bonds. The molecule has 2 aromatic rings. The van der Waals surface area contributed by atoms with E-state index in [1.165, 1.54) is 48.8 Å². The molecule has 1 atom stereocenters. The van der Waals surface area contributed by atoms with Crippen LogP contribution in [0.15, 0.2) is 28.2 Å². The van der Waals surface area contributed by atoms with E-state index in [9.17, 15) is 0 Å². The van der Waals surface area contributed by atoms with Crippen molar-refractivity contribution in [3.8, 4) is 5.75 Å². The molecule has 1 aromatic heterocycles. The summed E-state index contributed by atoms with van der Waals surface area (Å²) in [6.07, 6.45) is 6.15. The minimum atomic E-state index is 0.317. The van der Waals surface area contributed by atoms with E-state index in [1.54, 1.807) is 18.3 Å². The fraction of sp³-hybridized carbons (Fsp3) is 0.524. The molecule has 0 aliphatic heterocycles. The summed E-state index contributed by atoms with van der Waals surface area (Å²) in [7, 11) is 1.73. The van der Waals surface area contributed by atoms with Crippen molar-refractivity contribution in [2.24, 2.45) is 5.41 Å². The van der Waals surface area contributed by atoms with Gasteiger partial charge in [0.2, 0.25) is 0 Å². The lowest BCUT2D eigenvalue weighted by molar-refractivity contribution is 0.364. The van der Waals surface area contributed by atoms with Crippen LogP contribution in [0.5, 0.6) is 5.75 Å². The van der Waals surface area contributed by atoms with Gasteiger partial charge in [-0.25, -0.2) is 0 Å². The van der Waals surface area contributed by atoms with Crippen molar-refractivity contribution >= 4 is 16.5 Å². The van der Waals surface area contributed by atoms with Gasteiger partial charge in [0.1, 0.15) is 17.1 Å². The van der Waals surface area contributed by atoms with Gasteiger partial charge in [-0.3, -0.25) is 0 Å². The number of methoxy groups -OCH3 is 1. The molecule has 1 heterocycles. The van der Waals surface area contributed by atoms with Gasteiger partial charge in [0.25, 0.3) is 0 Å². The third kappa shape index (κ3) is 2.22. The zero-order valence-corrected chi connectivity index (χ0v) is 14.7. The molecule has 2 nitrogen and oxygen atoms in total. The predicted octanol–water partition coefficient (Wildman–Crippen LogP) is 6.30. The van der Waals surface area contributed by atoms with Crippen LogP contribution in [0.1, 0.15) is 70.1 Å². The Hall–Kier alpha value is -1.70. The van der Waals surface area contributed by atoms with Crippen molar-refractivity contribution in [2.45, 2.75) is 58.8 Å². The number of allylic oxidation sites excluding steroid dienone is 2. The second-order valence-electron chi connectivity index (χ2n) is 7.84. The summed E-state index contributed by atoms with van der Waals surface area (Å²) >= 11 is 0.